The quantitative estimate of drug-likeness (QED) is 0.862. The Balaban J connectivity index is 2.38. The van der Waals surface area contributed by atoms with Gasteiger partial charge in [-0.1, -0.05) is 29.3 Å². The van der Waals surface area contributed by atoms with E-state index in [4.69, 9.17) is 28.9 Å². The Morgan fingerprint density at radius 1 is 1.20 bits per heavy atom. The third-order valence-electron chi connectivity index (χ3n) is 2.20. The maximum atomic E-state index is 6.09. The fourth-order valence-electron chi connectivity index (χ4n) is 1.39. The average molecular weight is 258 g/mol. The van der Waals surface area contributed by atoms with Crippen LogP contribution in [-0.2, 0) is 0 Å². The largest absolute Gasteiger partial charge is 0.320 e. The Bertz CT molecular complexity index is 454. The molecular weight excluding hydrogens is 249 g/mol. The summed E-state index contributed by atoms with van der Waals surface area (Å²) in [5, 5.41) is 5.26. The molecule has 1 heterocycles. The first kappa shape index (κ1) is 11.0. The molecule has 0 aliphatic carbocycles. The van der Waals surface area contributed by atoms with E-state index < -0.39 is 0 Å². The summed E-state index contributed by atoms with van der Waals surface area (Å²) in [6.45, 7) is 0. The van der Waals surface area contributed by atoms with Gasteiger partial charge in [-0.15, -0.1) is 0 Å². The normalized spacial score (nSPS) is 12.7. The van der Waals surface area contributed by atoms with Gasteiger partial charge in [-0.05, 0) is 40.1 Å². The highest BCUT2D eigenvalue weighted by Gasteiger charge is 2.12. The van der Waals surface area contributed by atoms with Crippen molar-refractivity contribution in [2.45, 2.75) is 6.04 Å². The molecule has 78 valence electrons. The van der Waals surface area contributed by atoms with Crippen LogP contribution in [0.3, 0.4) is 0 Å². The standard InChI is InChI=1S/C11H9Cl2NS/c12-8-1-2-9(10(13)5-8)11(14)7-3-4-15-6-7/h1-6,11H,14H2/t11-/m1/s1. The van der Waals surface area contributed by atoms with Crippen LogP contribution in [-0.4, -0.2) is 0 Å². The third kappa shape index (κ3) is 2.34. The molecule has 2 rings (SSSR count). The van der Waals surface area contributed by atoms with E-state index in [2.05, 4.69) is 0 Å². The second-order valence-corrected chi connectivity index (χ2v) is 4.82. The van der Waals surface area contributed by atoms with Crippen molar-refractivity contribution in [1.29, 1.82) is 0 Å². The van der Waals surface area contributed by atoms with Crippen molar-refractivity contribution < 1.29 is 0 Å². The zero-order valence-corrected chi connectivity index (χ0v) is 10.1. The van der Waals surface area contributed by atoms with E-state index in [0.717, 1.165) is 11.1 Å². The van der Waals surface area contributed by atoms with Crippen LogP contribution in [0.5, 0.6) is 0 Å². The van der Waals surface area contributed by atoms with Gasteiger partial charge in [0.1, 0.15) is 0 Å². The van der Waals surface area contributed by atoms with E-state index >= 15 is 0 Å². The Labute approximate surface area is 102 Å². The fraction of sp³-hybridized carbons (Fsp3) is 0.0909. The van der Waals surface area contributed by atoms with E-state index in [0.29, 0.717) is 10.0 Å². The van der Waals surface area contributed by atoms with Gasteiger partial charge < -0.3 is 5.73 Å². The van der Waals surface area contributed by atoms with Gasteiger partial charge in [-0.3, -0.25) is 0 Å². The summed E-state index contributed by atoms with van der Waals surface area (Å²) in [4.78, 5) is 0. The van der Waals surface area contributed by atoms with Crippen molar-refractivity contribution in [2.75, 3.05) is 0 Å². The van der Waals surface area contributed by atoms with Crippen molar-refractivity contribution in [1.82, 2.24) is 0 Å². The first-order valence-electron chi connectivity index (χ1n) is 4.41. The Morgan fingerprint density at radius 3 is 2.60 bits per heavy atom. The van der Waals surface area contributed by atoms with Crippen LogP contribution >= 0.6 is 34.5 Å². The minimum Gasteiger partial charge on any atom is -0.320 e. The zero-order chi connectivity index (χ0) is 10.8. The van der Waals surface area contributed by atoms with Gasteiger partial charge in [0.25, 0.3) is 0 Å². The summed E-state index contributed by atoms with van der Waals surface area (Å²) < 4.78 is 0. The number of hydrogen-bond acceptors (Lipinski definition) is 2. The lowest BCUT2D eigenvalue weighted by molar-refractivity contribution is 0.877. The van der Waals surface area contributed by atoms with Crippen LogP contribution in [0.25, 0.3) is 0 Å². The predicted octanol–water partition coefficient (Wildman–Crippen LogP) is 4.10. The third-order valence-corrected chi connectivity index (χ3v) is 3.46. The van der Waals surface area contributed by atoms with Crippen LogP contribution in [0, 0.1) is 0 Å². The molecule has 0 saturated carbocycles. The van der Waals surface area contributed by atoms with Gasteiger partial charge in [0.2, 0.25) is 0 Å². The molecule has 2 N–H and O–H groups in total. The second-order valence-electron chi connectivity index (χ2n) is 3.20. The number of benzene rings is 1. The highest BCUT2D eigenvalue weighted by atomic mass is 35.5. The highest BCUT2D eigenvalue weighted by molar-refractivity contribution is 7.08. The van der Waals surface area contributed by atoms with E-state index in [1.807, 2.05) is 22.9 Å². The van der Waals surface area contributed by atoms with Crippen LogP contribution in [0.2, 0.25) is 10.0 Å². The molecule has 0 amide bonds. The molecule has 1 atom stereocenters. The van der Waals surface area contributed by atoms with Gasteiger partial charge in [0, 0.05) is 10.0 Å². The molecule has 0 fully saturated rings. The predicted molar refractivity (Wildman–Crippen MR) is 66.8 cm³/mol. The maximum absolute atomic E-state index is 6.09. The summed E-state index contributed by atoms with van der Waals surface area (Å²) in [5.41, 5.74) is 8.07. The molecule has 0 bridgehead atoms. The summed E-state index contributed by atoms with van der Waals surface area (Å²) >= 11 is 13.5. The molecule has 0 spiro atoms. The topological polar surface area (TPSA) is 26.0 Å². The number of hydrogen-bond donors (Lipinski definition) is 1. The van der Waals surface area contributed by atoms with E-state index in [1.165, 1.54) is 0 Å². The van der Waals surface area contributed by atoms with Crippen molar-refractivity contribution in [3.8, 4) is 0 Å². The number of nitrogens with two attached hydrogens (primary N) is 1. The molecule has 0 aliphatic heterocycles. The first-order valence-corrected chi connectivity index (χ1v) is 6.11. The minimum absolute atomic E-state index is 0.180. The molecule has 1 aromatic heterocycles. The van der Waals surface area contributed by atoms with Gasteiger partial charge >= 0.3 is 0 Å². The highest BCUT2D eigenvalue weighted by Crippen LogP contribution is 2.29. The number of rotatable bonds is 2. The molecule has 0 saturated heterocycles. The SMILES string of the molecule is N[C@H](c1ccsc1)c1ccc(Cl)cc1Cl. The van der Waals surface area contributed by atoms with E-state index in [1.54, 1.807) is 23.5 Å². The van der Waals surface area contributed by atoms with Crippen molar-refractivity contribution >= 4 is 34.5 Å². The molecule has 4 heteroatoms. The summed E-state index contributed by atoms with van der Waals surface area (Å²) in [5.74, 6) is 0. The lowest BCUT2D eigenvalue weighted by Gasteiger charge is -2.12. The smallest absolute Gasteiger partial charge is 0.0574 e. The molecule has 0 unspecified atom stereocenters. The van der Waals surface area contributed by atoms with Crippen molar-refractivity contribution in [3.63, 3.8) is 0 Å². The minimum atomic E-state index is -0.180. The lowest BCUT2D eigenvalue weighted by Crippen LogP contribution is -2.11. The summed E-state index contributed by atoms with van der Waals surface area (Å²) in [7, 11) is 0. The Hall–Kier alpha value is -0.540. The van der Waals surface area contributed by atoms with Crippen molar-refractivity contribution in [2.24, 2.45) is 5.73 Å². The monoisotopic (exact) mass is 257 g/mol. The van der Waals surface area contributed by atoms with Crippen LogP contribution in [0.4, 0.5) is 0 Å². The van der Waals surface area contributed by atoms with Crippen LogP contribution in [0.1, 0.15) is 17.2 Å². The zero-order valence-electron chi connectivity index (χ0n) is 7.78. The van der Waals surface area contributed by atoms with Gasteiger partial charge in [0.15, 0.2) is 0 Å². The van der Waals surface area contributed by atoms with Crippen molar-refractivity contribution in [3.05, 3.63) is 56.2 Å². The fourth-order valence-corrected chi connectivity index (χ4v) is 2.61. The molecule has 0 aliphatic rings. The van der Waals surface area contributed by atoms with Gasteiger partial charge in [-0.2, -0.15) is 11.3 Å². The molecule has 0 radical (unpaired) electrons. The Morgan fingerprint density at radius 2 is 2.00 bits per heavy atom. The molecule has 1 aromatic carbocycles. The van der Waals surface area contributed by atoms with Crippen LogP contribution < -0.4 is 5.73 Å². The molecule has 1 nitrogen and oxygen atoms in total. The van der Waals surface area contributed by atoms with Gasteiger partial charge in [-0.25, -0.2) is 0 Å². The number of halogens is 2. The number of thiophene rings is 1. The molecule has 15 heavy (non-hydrogen) atoms. The van der Waals surface area contributed by atoms with E-state index in [-0.39, 0.29) is 6.04 Å². The maximum Gasteiger partial charge on any atom is 0.0574 e. The average Bonchev–Trinajstić information content (AvgIpc) is 2.69. The van der Waals surface area contributed by atoms with Crippen LogP contribution in [0.15, 0.2) is 35.0 Å². The summed E-state index contributed by atoms with van der Waals surface area (Å²) in [6, 6.07) is 7.20. The molecule has 2 aromatic rings. The lowest BCUT2D eigenvalue weighted by atomic mass is 10.0. The van der Waals surface area contributed by atoms with Gasteiger partial charge in [0.05, 0.1) is 6.04 Å². The molecular formula is C11H9Cl2NS. The summed E-state index contributed by atoms with van der Waals surface area (Å²) in [6.07, 6.45) is 0. The second kappa shape index (κ2) is 4.54. The van der Waals surface area contributed by atoms with E-state index in [9.17, 15) is 0 Å². The first-order chi connectivity index (χ1) is 7.18. The Kier molecular flexibility index (Phi) is 3.32.